The molecule has 0 bridgehead atoms. The minimum Gasteiger partial charge on any atom is -0.384 e. The number of nitrogens with zero attached hydrogens (tertiary/aromatic N) is 4. The molecular formula is C15H15Cl2N5S. The third-order valence-corrected chi connectivity index (χ3v) is 4.97. The van der Waals surface area contributed by atoms with Crippen LogP contribution < -0.4 is 5.73 Å². The highest BCUT2D eigenvalue weighted by Gasteiger charge is 2.17. The Morgan fingerprint density at radius 1 is 1.22 bits per heavy atom. The van der Waals surface area contributed by atoms with E-state index in [0.29, 0.717) is 21.3 Å². The van der Waals surface area contributed by atoms with Crippen molar-refractivity contribution in [3.63, 3.8) is 0 Å². The van der Waals surface area contributed by atoms with Gasteiger partial charge < -0.3 is 10.3 Å². The van der Waals surface area contributed by atoms with Crippen molar-refractivity contribution in [2.75, 3.05) is 5.73 Å². The predicted molar refractivity (Wildman–Crippen MR) is 96.2 cm³/mol. The lowest BCUT2D eigenvalue weighted by Crippen LogP contribution is -1.99. The van der Waals surface area contributed by atoms with Crippen LogP contribution in [0.25, 0.3) is 10.9 Å². The molecule has 0 saturated carbocycles. The minimum atomic E-state index is 0.00868. The van der Waals surface area contributed by atoms with Gasteiger partial charge in [-0.15, -0.1) is 0 Å². The van der Waals surface area contributed by atoms with Crippen LogP contribution in [-0.4, -0.2) is 19.5 Å². The van der Waals surface area contributed by atoms with Crippen LogP contribution in [0.4, 0.5) is 5.82 Å². The van der Waals surface area contributed by atoms with Gasteiger partial charge in [0.15, 0.2) is 10.3 Å². The van der Waals surface area contributed by atoms with E-state index in [1.807, 2.05) is 24.7 Å². The Bertz CT molecular complexity index is 873. The topological polar surface area (TPSA) is 69.6 Å². The normalized spacial score (nSPS) is 12.7. The summed E-state index contributed by atoms with van der Waals surface area (Å²) in [6, 6.07) is 3.58. The predicted octanol–water partition coefficient (Wildman–Crippen LogP) is 4.41. The SMILES string of the molecule is Cc1cn(C)c2c(Cl)nc(C(C)Sc3nc(N)cc(Cl)n3)cc12. The molecule has 0 spiro atoms. The summed E-state index contributed by atoms with van der Waals surface area (Å²) in [5.74, 6) is 0.347. The largest absolute Gasteiger partial charge is 0.384 e. The maximum Gasteiger partial charge on any atom is 0.191 e. The Labute approximate surface area is 148 Å². The number of nitrogens with two attached hydrogens (primary N) is 1. The van der Waals surface area contributed by atoms with Gasteiger partial charge >= 0.3 is 0 Å². The Morgan fingerprint density at radius 2 is 1.96 bits per heavy atom. The van der Waals surface area contributed by atoms with Gasteiger partial charge in [0.25, 0.3) is 0 Å². The second-order valence-corrected chi connectivity index (χ2v) is 7.37. The number of aryl methyl sites for hydroxylation is 2. The molecule has 0 aliphatic rings. The summed E-state index contributed by atoms with van der Waals surface area (Å²) in [4.78, 5) is 12.9. The van der Waals surface area contributed by atoms with E-state index in [4.69, 9.17) is 28.9 Å². The molecular weight excluding hydrogens is 353 g/mol. The van der Waals surface area contributed by atoms with Gasteiger partial charge in [0.05, 0.1) is 16.5 Å². The molecule has 2 N–H and O–H groups in total. The fraction of sp³-hybridized carbons (Fsp3) is 0.267. The highest BCUT2D eigenvalue weighted by molar-refractivity contribution is 7.99. The fourth-order valence-corrected chi connectivity index (χ4v) is 3.92. The van der Waals surface area contributed by atoms with E-state index in [-0.39, 0.29) is 5.25 Å². The van der Waals surface area contributed by atoms with Gasteiger partial charge in [-0.05, 0) is 25.5 Å². The first kappa shape index (κ1) is 16.4. The molecule has 0 fully saturated rings. The summed E-state index contributed by atoms with van der Waals surface area (Å²) in [6.07, 6.45) is 2.04. The number of hydrogen-bond acceptors (Lipinski definition) is 5. The van der Waals surface area contributed by atoms with Gasteiger partial charge in [0, 0.05) is 24.7 Å². The number of hydrogen-bond donors (Lipinski definition) is 1. The lowest BCUT2D eigenvalue weighted by Gasteiger charge is -2.11. The van der Waals surface area contributed by atoms with Crippen LogP contribution in [0.3, 0.4) is 0 Å². The van der Waals surface area contributed by atoms with Crippen LogP contribution in [0.2, 0.25) is 10.3 Å². The van der Waals surface area contributed by atoms with Gasteiger partial charge in [-0.2, -0.15) is 0 Å². The molecule has 0 aromatic carbocycles. The summed E-state index contributed by atoms with van der Waals surface area (Å²) in [6.45, 7) is 4.08. The molecule has 0 amide bonds. The Hall–Kier alpha value is -1.50. The molecule has 3 heterocycles. The van der Waals surface area contributed by atoms with E-state index in [0.717, 1.165) is 22.2 Å². The number of halogens is 2. The van der Waals surface area contributed by atoms with Gasteiger partial charge in [-0.3, -0.25) is 0 Å². The van der Waals surface area contributed by atoms with Crippen LogP contribution in [-0.2, 0) is 7.05 Å². The minimum absolute atomic E-state index is 0.00868. The molecule has 3 aromatic rings. The molecule has 3 rings (SSSR count). The zero-order valence-electron chi connectivity index (χ0n) is 12.8. The van der Waals surface area contributed by atoms with Gasteiger partial charge in [0.2, 0.25) is 0 Å². The van der Waals surface area contributed by atoms with Crippen molar-refractivity contribution in [2.45, 2.75) is 24.3 Å². The van der Waals surface area contributed by atoms with Gasteiger partial charge in [0.1, 0.15) is 11.0 Å². The van der Waals surface area contributed by atoms with Crippen LogP contribution in [0.15, 0.2) is 23.5 Å². The number of anilines is 1. The molecule has 0 aliphatic heterocycles. The first-order valence-electron chi connectivity index (χ1n) is 6.94. The number of fused-ring (bicyclic) bond motifs is 1. The molecule has 8 heteroatoms. The maximum absolute atomic E-state index is 6.36. The first-order valence-corrected chi connectivity index (χ1v) is 8.57. The van der Waals surface area contributed by atoms with Crippen molar-refractivity contribution in [3.8, 4) is 0 Å². The molecule has 3 aromatic heterocycles. The molecule has 1 atom stereocenters. The van der Waals surface area contributed by atoms with E-state index in [1.165, 1.54) is 17.8 Å². The number of aromatic nitrogens is 4. The first-order chi connectivity index (χ1) is 10.8. The molecule has 1 unspecified atom stereocenters. The second-order valence-electron chi connectivity index (χ2n) is 5.32. The molecule has 0 radical (unpaired) electrons. The van der Waals surface area contributed by atoms with Crippen molar-refractivity contribution in [3.05, 3.63) is 39.9 Å². The summed E-state index contributed by atoms with van der Waals surface area (Å²) in [5, 5.41) is 2.45. The number of pyridine rings is 1. The van der Waals surface area contributed by atoms with Crippen molar-refractivity contribution in [1.29, 1.82) is 0 Å². The maximum atomic E-state index is 6.36. The summed E-state index contributed by atoms with van der Waals surface area (Å²) >= 11 is 13.7. The lowest BCUT2D eigenvalue weighted by molar-refractivity contribution is 0.939. The Balaban J connectivity index is 1.97. The molecule has 0 saturated heterocycles. The molecule has 5 nitrogen and oxygen atoms in total. The highest BCUT2D eigenvalue weighted by Crippen LogP contribution is 2.36. The second kappa shape index (κ2) is 6.19. The average molecular weight is 368 g/mol. The summed E-state index contributed by atoms with van der Waals surface area (Å²) in [7, 11) is 1.96. The monoisotopic (exact) mass is 367 g/mol. The van der Waals surface area contributed by atoms with Crippen LogP contribution in [0.1, 0.15) is 23.4 Å². The van der Waals surface area contributed by atoms with E-state index < -0.39 is 0 Å². The molecule has 23 heavy (non-hydrogen) atoms. The van der Waals surface area contributed by atoms with E-state index in [1.54, 1.807) is 0 Å². The summed E-state index contributed by atoms with van der Waals surface area (Å²) < 4.78 is 1.99. The molecule has 120 valence electrons. The smallest absolute Gasteiger partial charge is 0.191 e. The van der Waals surface area contributed by atoms with Crippen LogP contribution in [0, 0.1) is 6.92 Å². The van der Waals surface area contributed by atoms with Crippen molar-refractivity contribution >= 4 is 51.7 Å². The van der Waals surface area contributed by atoms with Crippen LogP contribution in [0.5, 0.6) is 0 Å². The fourth-order valence-electron chi connectivity index (χ4n) is 2.48. The average Bonchev–Trinajstić information content (AvgIpc) is 2.73. The Kier molecular flexibility index (Phi) is 4.40. The number of thioether (sulfide) groups is 1. The van der Waals surface area contributed by atoms with E-state index >= 15 is 0 Å². The third kappa shape index (κ3) is 3.24. The van der Waals surface area contributed by atoms with E-state index in [9.17, 15) is 0 Å². The number of rotatable bonds is 3. The zero-order chi connectivity index (χ0) is 16.7. The van der Waals surface area contributed by atoms with Crippen molar-refractivity contribution in [1.82, 2.24) is 19.5 Å². The standard InChI is InChI=1S/C15H15Cl2N5S/c1-7-6-22(3)13-9(7)4-10(19-14(13)17)8(2)23-15-20-11(16)5-12(18)21-15/h4-6,8H,1-3H3,(H2,18,20,21). The van der Waals surface area contributed by atoms with E-state index in [2.05, 4.69) is 27.9 Å². The van der Waals surface area contributed by atoms with Gasteiger partial charge in [-0.1, -0.05) is 35.0 Å². The van der Waals surface area contributed by atoms with Crippen LogP contribution >= 0.6 is 35.0 Å². The zero-order valence-corrected chi connectivity index (χ0v) is 15.2. The van der Waals surface area contributed by atoms with Crippen molar-refractivity contribution < 1.29 is 0 Å². The summed E-state index contributed by atoms with van der Waals surface area (Å²) in [5.41, 5.74) is 8.67. The Morgan fingerprint density at radius 3 is 2.65 bits per heavy atom. The quantitative estimate of drug-likeness (QED) is 0.321. The number of nitrogen functional groups attached to an aromatic ring is 1. The van der Waals surface area contributed by atoms with Crippen molar-refractivity contribution in [2.24, 2.45) is 7.05 Å². The molecule has 0 aliphatic carbocycles. The lowest BCUT2D eigenvalue weighted by atomic mass is 10.2. The third-order valence-electron chi connectivity index (χ3n) is 3.53. The highest BCUT2D eigenvalue weighted by atomic mass is 35.5. The van der Waals surface area contributed by atoms with Gasteiger partial charge in [-0.25, -0.2) is 15.0 Å².